The van der Waals surface area contributed by atoms with Crippen molar-refractivity contribution in [2.75, 3.05) is 13.7 Å². The standard InChI is InChI=1S/C16H22FN3O/c1-5-6-18-15(12-7-11(2)8-13(17)9-12)16-14(21-4)10-19-20(16)3/h7-10,15,18H,5-6H2,1-4H3. The van der Waals surface area contributed by atoms with Gasteiger partial charge in [0.25, 0.3) is 0 Å². The topological polar surface area (TPSA) is 39.1 Å². The number of halogens is 1. The van der Waals surface area contributed by atoms with E-state index in [9.17, 15) is 4.39 Å². The first-order chi connectivity index (χ1) is 10.1. The molecule has 1 N–H and O–H groups in total. The summed E-state index contributed by atoms with van der Waals surface area (Å²) in [5.41, 5.74) is 2.67. The lowest BCUT2D eigenvalue weighted by molar-refractivity contribution is 0.400. The van der Waals surface area contributed by atoms with Gasteiger partial charge in [0.1, 0.15) is 11.5 Å². The van der Waals surface area contributed by atoms with Crippen molar-refractivity contribution in [3.8, 4) is 5.75 Å². The van der Waals surface area contributed by atoms with Crippen molar-refractivity contribution in [1.29, 1.82) is 0 Å². The number of ether oxygens (including phenoxy) is 1. The van der Waals surface area contributed by atoms with Crippen molar-refractivity contribution in [1.82, 2.24) is 15.1 Å². The highest BCUT2D eigenvalue weighted by atomic mass is 19.1. The molecule has 21 heavy (non-hydrogen) atoms. The van der Waals surface area contributed by atoms with Gasteiger partial charge in [-0.15, -0.1) is 0 Å². The van der Waals surface area contributed by atoms with Gasteiger partial charge in [-0.2, -0.15) is 5.10 Å². The zero-order valence-corrected chi connectivity index (χ0v) is 13.0. The summed E-state index contributed by atoms with van der Waals surface area (Å²) < 4.78 is 20.9. The van der Waals surface area contributed by atoms with E-state index in [1.54, 1.807) is 24.1 Å². The molecule has 5 heteroatoms. The van der Waals surface area contributed by atoms with Crippen LogP contribution in [0.2, 0.25) is 0 Å². The third-order valence-corrected chi connectivity index (χ3v) is 3.44. The number of hydrogen-bond donors (Lipinski definition) is 1. The average molecular weight is 291 g/mol. The molecule has 1 unspecified atom stereocenters. The fourth-order valence-electron chi connectivity index (χ4n) is 2.51. The Hall–Kier alpha value is -1.88. The number of nitrogens with zero attached hydrogens (tertiary/aromatic N) is 2. The van der Waals surface area contributed by atoms with Gasteiger partial charge in [-0.3, -0.25) is 4.68 Å². The van der Waals surface area contributed by atoms with Crippen LogP contribution in [0, 0.1) is 12.7 Å². The Labute approximate surface area is 124 Å². The van der Waals surface area contributed by atoms with Gasteiger partial charge in [-0.1, -0.05) is 13.0 Å². The zero-order chi connectivity index (χ0) is 15.4. The Balaban J connectivity index is 2.49. The first kappa shape index (κ1) is 15.5. The van der Waals surface area contributed by atoms with Crippen LogP contribution in [0.1, 0.15) is 36.2 Å². The molecule has 0 aliphatic carbocycles. The highest BCUT2D eigenvalue weighted by molar-refractivity contribution is 5.38. The first-order valence-corrected chi connectivity index (χ1v) is 7.13. The highest BCUT2D eigenvalue weighted by Crippen LogP contribution is 2.30. The number of benzene rings is 1. The molecule has 0 saturated carbocycles. The van der Waals surface area contributed by atoms with Crippen molar-refractivity contribution in [3.05, 3.63) is 47.0 Å². The largest absolute Gasteiger partial charge is 0.493 e. The van der Waals surface area contributed by atoms with E-state index in [0.717, 1.165) is 29.8 Å². The number of hydrogen-bond acceptors (Lipinski definition) is 3. The summed E-state index contributed by atoms with van der Waals surface area (Å²) in [6, 6.07) is 4.93. The van der Waals surface area contributed by atoms with E-state index in [0.29, 0.717) is 5.75 Å². The molecule has 0 bridgehead atoms. The second-order valence-corrected chi connectivity index (χ2v) is 5.17. The van der Waals surface area contributed by atoms with Gasteiger partial charge < -0.3 is 10.1 Å². The maximum Gasteiger partial charge on any atom is 0.161 e. The SMILES string of the molecule is CCCNC(c1cc(C)cc(F)c1)c1c(OC)cnn1C. The minimum Gasteiger partial charge on any atom is -0.493 e. The second-order valence-electron chi connectivity index (χ2n) is 5.17. The van der Waals surface area contributed by atoms with Gasteiger partial charge in [0.15, 0.2) is 5.75 Å². The molecule has 1 aromatic heterocycles. The summed E-state index contributed by atoms with van der Waals surface area (Å²) in [4.78, 5) is 0. The molecule has 2 aromatic rings. The Kier molecular flexibility index (Phi) is 4.96. The molecule has 0 aliphatic rings. The van der Waals surface area contributed by atoms with Crippen LogP contribution in [0.15, 0.2) is 24.4 Å². The molecular formula is C16H22FN3O. The van der Waals surface area contributed by atoms with Crippen LogP contribution < -0.4 is 10.1 Å². The van der Waals surface area contributed by atoms with Gasteiger partial charge in [0.05, 0.1) is 19.3 Å². The Morgan fingerprint density at radius 1 is 1.38 bits per heavy atom. The number of aromatic nitrogens is 2. The van der Waals surface area contributed by atoms with E-state index in [2.05, 4.69) is 17.3 Å². The lowest BCUT2D eigenvalue weighted by atomic mass is 10.0. The highest BCUT2D eigenvalue weighted by Gasteiger charge is 2.22. The molecule has 0 saturated heterocycles. The number of nitrogens with one attached hydrogen (secondary N) is 1. The van der Waals surface area contributed by atoms with Gasteiger partial charge in [-0.05, 0) is 43.1 Å². The number of methoxy groups -OCH3 is 1. The average Bonchev–Trinajstić information content (AvgIpc) is 2.80. The van der Waals surface area contributed by atoms with Crippen LogP contribution in [-0.2, 0) is 7.05 Å². The van der Waals surface area contributed by atoms with Gasteiger partial charge in [0, 0.05) is 7.05 Å². The molecule has 2 rings (SSSR count). The van der Waals surface area contributed by atoms with Crippen LogP contribution in [0.5, 0.6) is 5.75 Å². The lowest BCUT2D eigenvalue weighted by Gasteiger charge is -2.21. The second kappa shape index (κ2) is 6.72. The van der Waals surface area contributed by atoms with E-state index >= 15 is 0 Å². The fraction of sp³-hybridized carbons (Fsp3) is 0.438. The Morgan fingerprint density at radius 3 is 2.76 bits per heavy atom. The van der Waals surface area contributed by atoms with Crippen LogP contribution in [0.25, 0.3) is 0 Å². The molecule has 1 heterocycles. The minimum atomic E-state index is -0.227. The van der Waals surface area contributed by atoms with Crippen molar-refractivity contribution in [2.45, 2.75) is 26.3 Å². The molecule has 1 aromatic carbocycles. The van der Waals surface area contributed by atoms with E-state index in [1.165, 1.54) is 6.07 Å². The molecule has 1 atom stereocenters. The zero-order valence-electron chi connectivity index (χ0n) is 13.0. The van der Waals surface area contributed by atoms with Crippen LogP contribution >= 0.6 is 0 Å². The predicted octanol–water partition coefficient (Wildman–Crippen LogP) is 2.97. The van der Waals surface area contributed by atoms with Crippen molar-refractivity contribution < 1.29 is 9.13 Å². The van der Waals surface area contributed by atoms with Gasteiger partial charge in [0.2, 0.25) is 0 Å². The monoisotopic (exact) mass is 291 g/mol. The van der Waals surface area contributed by atoms with Crippen molar-refractivity contribution in [2.24, 2.45) is 7.05 Å². The van der Waals surface area contributed by atoms with Crippen LogP contribution in [-0.4, -0.2) is 23.4 Å². The lowest BCUT2D eigenvalue weighted by Crippen LogP contribution is -2.26. The smallest absolute Gasteiger partial charge is 0.161 e. The summed E-state index contributed by atoms with van der Waals surface area (Å²) in [6.07, 6.45) is 2.67. The van der Waals surface area contributed by atoms with E-state index in [4.69, 9.17) is 4.74 Å². The maximum atomic E-state index is 13.8. The van der Waals surface area contributed by atoms with Crippen LogP contribution in [0.4, 0.5) is 4.39 Å². The summed E-state index contributed by atoms with van der Waals surface area (Å²) in [7, 11) is 3.48. The quantitative estimate of drug-likeness (QED) is 0.889. The summed E-state index contributed by atoms with van der Waals surface area (Å²) in [5.74, 6) is 0.474. The molecular weight excluding hydrogens is 269 g/mol. The summed E-state index contributed by atoms with van der Waals surface area (Å²) in [6.45, 7) is 4.82. The Bertz CT molecular complexity index is 589. The molecule has 114 valence electrons. The fourth-order valence-corrected chi connectivity index (χ4v) is 2.51. The van der Waals surface area contributed by atoms with Gasteiger partial charge in [-0.25, -0.2) is 4.39 Å². The third-order valence-electron chi connectivity index (χ3n) is 3.44. The minimum absolute atomic E-state index is 0.151. The summed E-state index contributed by atoms with van der Waals surface area (Å²) >= 11 is 0. The van der Waals surface area contributed by atoms with Gasteiger partial charge >= 0.3 is 0 Å². The van der Waals surface area contributed by atoms with Crippen LogP contribution in [0.3, 0.4) is 0 Å². The number of aryl methyl sites for hydroxylation is 2. The van der Waals surface area contributed by atoms with Crippen molar-refractivity contribution >= 4 is 0 Å². The molecule has 0 amide bonds. The van der Waals surface area contributed by atoms with Crippen molar-refractivity contribution in [3.63, 3.8) is 0 Å². The normalized spacial score (nSPS) is 12.4. The van der Waals surface area contributed by atoms with E-state index in [-0.39, 0.29) is 11.9 Å². The number of rotatable bonds is 6. The first-order valence-electron chi connectivity index (χ1n) is 7.13. The third kappa shape index (κ3) is 3.42. The molecule has 0 radical (unpaired) electrons. The molecule has 0 fully saturated rings. The maximum absolute atomic E-state index is 13.8. The van der Waals surface area contributed by atoms with E-state index < -0.39 is 0 Å². The predicted molar refractivity (Wildman–Crippen MR) is 81.0 cm³/mol. The van der Waals surface area contributed by atoms with E-state index in [1.807, 2.05) is 20.0 Å². The molecule has 0 aliphatic heterocycles. The molecule has 4 nitrogen and oxygen atoms in total. The summed E-state index contributed by atoms with van der Waals surface area (Å²) in [5, 5.41) is 7.70. The molecule has 0 spiro atoms. The Morgan fingerprint density at radius 2 is 2.14 bits per heavy atom.